The highest BCUT2D eigenvalue weighted by molar-refractivity contribution is 5.93. The van der Waals surface area contributed by atoms with Crippen LogP contribution in [-0.4, -0.2) is 11.9 Å². The zero-order valence-electron chi connectivity index (χ0n) is 11.8. The quantitative estimate of drug-likeness (QED) is 0.827. The van der Waals surface area contributed by atoms with Crippen molar-refractivity contribution in [2.24, 2.45) is 5.73 Å². The number of benzene rings is 2. The maximum absolute atomic E-state index is 11.1. The highest BCUT2D eigenvalue weighted by Crippen LogP contribution is 2.33. The molecule has 1 amide bonds. The molecular weight excluding hydrogens is 262 g/mol. The van der Waals surface area contributed by atoms with Gasteiger partial charge in [-0.3, -0.25) is 4.79 Å². The number of nitrogens with two attached hydrogens (primary N) is 2. The van der Waals surface area contributed by atoms with E-state index in [9.17, 15) is 4.79 Å². The summed E-state index contributed by atoms with van der Waals surface area (Å²) in [5, 5.41) is 0. The molecule has 0 atom stereocenters. The first-order valence-electron chi connectivity index (χ1n) is 7.14. The van der Waals surface area contributed by atoms with Crippen molar-refractivity contribution in [1.29, 1.82) is 0 Å². The molecule has 108 valence electrons. The van der Waals surface area contributed by atoms with Gasteiger partial charge in [0.2, 0.25) is 5.91 Å². The lowest BCUT2D eigenvalue weighted by Gasteiger charge is -2.25. The molecule has 2 aromatic rings. The summed E-state index contributed by atoms with van der Waals surface area (Å²) in [5.41, 5.74) is 14.7. The van der Waals surface area contributed by atoms with Crippen LogP contribution in [0.1, 0.15) is 28.8 Å². The number of nitrogen functional groups attached to an aromatic ring is 1. The average molecular weight is 281 g/mol. The molecule has 0 bridgehead atoms. The first-order chi connectivity index (χ1) is 10.1. The Morgan fingerprint density at radius 2 is 1.67 bits per heavy atom. The van der Waals surface area contributed by atoms with Crippen molar-refractivity contribution in [1.82, 2.24) is 0 Å². The van der Waals surface area contributed by atoms with Gasteiger partial charge in [-0.2, -0.15) is 0 Å². The van der Waals surface area contributed by atoms with Crippen LogP contribution in [0.15, 0.2) is 48.5 Å². The van der Waals surface area contributed by atoms with Gasteiger partial charge in [0.1, 0.15) is 0 Å². The van der Waals surface area contributed by atoms with E-state index in [-0.39, 0.29) is 0 Å². The highest BCUT2D eigenvalue weighted by atomic mass is 16.1. The third kappa shape index (κ3) is 3.16. The van der Waals surface area contributed by atoms with Crippen molar-refractivity contribution in [2.75, 3.05) is 10.6 Å². The molecule has 0 unspecified atom stereocenters. The first-order valence-corrected chi connectivity index (χ1v) is 7.14. The number of carbonyl (C=O) groups is 1. The molecule has 1 aliphatic carbocycles. The largest absolute Gasteiger partial charge is 0.399 e. The summed E-state index contributed by atoms with van der Waals surface area (Å²) in [7, 11) is 0. The minimum absolute atomic E-state index is 0.391. The van der Waals surface area contributed by atoms with Gasteiger partial charge in [0.15, 0.2) is 0 Å². The molecule has 4 N–H and O–H groups in total. The summed E-state index contributed by atoms with van der Waals surface area (Å²) >= 11 is 0. The lowest BCUT2D eigenvalue weighted by atomic mass is 10.1. The van der Waals surface area contributed by atoms with Crippen LogP contribution in [-0.2, 0) is 6.54 Å². The molecule has 0 radical (unpaired) electrons. The summed E-state index contributed by atoms with van der Waals surface area (Å²) < 4.78 is 0. The molecular formula is C17H19N3O. The Balaban J connectivity index is 1.81. The summed E-state index contributed by atoms with van der Waals surface area (Å²) in [6.45, 7) is 0.848. The predicted molar refractivity (Wildman–Crippen MR) is 85.0 cm³/mol. The second-order valence-electron chi connectivity index (χ2n) is 5.51. The fourth-order valence-corrected chi connectivity index (χ4v) is 2.45. The molecule has 0 saturated heterocycles. The number of hydrogen-bond acceptors (Lipinski definition) is 3. The van der Waals surface area contributed by atoms with E-state index in [4.69, 9.17) is 11.5 Å². The average Bonchev–Trinajstić information content (AvgIpc) is 3.31. The topological polar surface area (TPSA) is 72.4 Å². The van der Waals surface area contributed by atoms with Gasteiger partial charge in [0.25, 0.3) is 0 Å². The maximum Gasteiger partial charge on any atom is 0.248 e. The number of anilines is 2. The lowest BCUT2D eigenvalue weighted by Crippen LogP contribution is -2.25. The zero-order valence-corrected chi connectivity index (χ0v) is 11.8. The molecule has 0 aliphatic heterocycles. The SMILES string of the molecule is NC(=O)c1ccc(N(Cc2ccc(N)cc2)C2CC2)cc1. The minimum Gasteiger partial charge on any atom is -0.399 e. The van der Waals surface area contributed by atoms with Crippen LogP contribution in [0.5, 0.6) is 0 Å². The third-order valence-electron chi connectivity index (χ3n) is 3.80. The molecule has 0 aromatic heterocycles. The molecule has 1 saturated carbocycles. The van der Waals surface area contributed by atoms with Crippen LogP contribution >= 0.6 is 0 Å². The van der Waals surface area contributed by atoms with Crippen LogP contribution in [0.4, 0.5) is 11.4 Å². The van der Waals surface area contributed by atoms with Crippen LogP contribution < -0.4 is 16.4 Å². The van der Waals surface area contributed by atoms with Crippen LogP contribution in [0.3, 0.4) is 0 Å². The minimum atomic E-state index is -0.391. The molecule has 0 heterocycles. The number of amides is 1. The Morgan fingerprint density at radius 3 is 2.19 bits per heavy atom. The maximum atomic E-state index is 11.1. The third-order valence-corrected chi connectivity index (χ3v) is 3.80. The van der Waals surface area contributed by atoms with Crippen molar-refractivity contribution in [3.63, 3.8) is 0 Å². The second kappa shape index (κ2) is 5.48. The van der Waals surface area contributed by atoms with Gasteiger partial charge in [-0.25, -0.2) is 0 Å². The molecule has 21 heavy (non-hydrogen) atoms. The van der Waals surface area contributed by atoms with E-state index in [1.807, 2.05) is 24.3 Å². The summed E-state index contributed by atoms with van der Waals surface area (Å²) in [4.78, 5) is 13.5. The summed E-state index contributed by atoms with van der Waals surface area (Å²) in [6, 6.07) is 16.1. The summed E-state index contributed by atoms with van der Waals surface area (Å²) in [5.74, 6) is -0.391. The Morgan fingerprint density at radius 1 is 1.05 bits per heavy atom. The first kappa shape index (κ1) is 13.5. The van der Waals surface area contributed by atoms with E-state index in [0.29, 0.717) is 11.6 Å². The van der Waals surface area contributed by atoms with Gasteiger partial charge in [0, 0.05) is 29.5 Å². The van der Waals surface area contributed by atoms with Gasteiger partial charge >= 0.3 is 0 Å². The van der Waals surface area contributed by atoms with Crippen LogP contribution in [0.2, 0.25) is 0 Å². The highest BCUT2D eigenvalue weighted by Gasteiger charge is 2.29. The number of rotatable bonds is 5. The molecule has 4 heteroatoms. The van der Waals surface area contributed by atoms with Gasteiger partial charge in [-0.05, 0) is 54.8 Å². The van der Waals surface area contributed by atoms with Crippen molar-refractivity contribution in [2.45, 2.75) is 25.4 Å². The second-order valence-corrected chi connectivity index (χ2v) is 5.51. The van der Waals surface area contributed by atoms with Crippen molar-refractivity contribution in [3.8, 4) is 0 Å². The summed E-state index contributed by atoms with van der Waals surface area (Å²) in [6.07, 6.45) is 2.43. The van der Waals surface area contributed by atoms with E-state index in [1.165, 1.54) is 18.4 Å². The fourth-order valence-electron chi connectivity index (χ4n) is 2.45. The standard InChI is InChI=1S/C17H19N3O/c18-14-5-1-12(2-6-14)11-20(16-9-10-16)15-7-3-13(4-8-15)17(19)21/h1-8,16H,9-11,18H2,(H2,19,21). The molecule has 2 aromatic carbocycles. The molecule has 3 rings (SSSR count). The molecule has 0 spiro atoms. The lowest BCUT2D eigenvalue weighted by molar-refractivity contribution is 0.100. The number of nitrogens with zero attached hydrogens (tertiary/aromatic N) is 1. The van der Waals surface area contributed by atoms with E-state index in [0.717, 1.165) is 17.9 Å². The van der Waals surface area contributed by atoms with Crippen molar-refractivity contribution >= 4 is 17.3 Å². The van der Waals surface area contributed by atoms with Gasteiger partial charge in [0.05, 0.1) is 0 Å². The van der Waals surface area contributed by atoms with E-state index >= 15 is 0 Å². The van der Waals surface area contributed by atoms with Crippen LogP contribution in [0.25, 0.3) is 0 Å². The fraction of sp³-hybridized carbons (Fsp3) is 0.235. The Bertz CT molecular complexity index is 630. The number of hydrogen-bond donors (Lipinski definition) is 2. The van der Waals surface area contributed by atoms with Gasteiger partial charge < -0.3 is 16.4 Å². The molecule has 1 fully saturated rings. The Kier molecular flexibility index (Phi) is 3.52. The van der Waals surface area contributed by atoms with Crippen LogP contribution in [0, 0.1) is 0 Å². The zero-order chi connectivity index (χ0) is 14.8. The monoisotopic (exact) mass is 281 g/mol. The normalized spacial score (nSPS) is 13.9. The van der Waals surface area contributed by atoms with E-state index < -0.39 is 5.91 Å². The van der Waals surface area contributed by atoms with E-state index in [1.54, 1.807) is 12.1 Å². The number of primary amides is 1. The predicted octanol–water partition coefficient (Wildman–Crippen LogP) is 2.54. The van der Waals surface area contributed by atoms with Gasteiger partial charge in [-0.1, -0.05) is 12.1 Å². The van der Waals surface area contributed by atoms with Crippen molar-refractivity contribution < 1.29 is 4.79 Å². The van der Waals surface area contributed by atoms with E-state index in [2.05, 4.69) is 17.0 Å². The molecule has 1 aliphatic rings. The smallest absolute Gasteiger partial charge is 0.248 e. The number of carbonyl (C=O) groups excluding carboxylic acids is 1. The van der Waals surface area contributed by atoms with Gasteiger partial charge in [-0.15, -0.1) is 0 Å². The van der Waals surface area contributed by atoms with Crippen molar-refractivity contribution in [3.05, 3.63) is 59.7 Å². The Hall–Kier alpha value is -2.49. The molecule has 4 nitrogen and oxygen atoms in total. The Labute approximate surface area is 124 Å².